The highest BCUT2D eigenvalue weighted by Gasteiger charge is 2.57. The van der Waals surface area contributed by atoms with E-state index in [1.165, 1.54) is 45.2 Å². The van der Waals surface area contributed by atoms with Gasteiger partial charge in [-0.1, -0.05) is 39.0 Å². The van der Waals surface area contributed by atoms with E-state index < -0.39 is 64.6 Å². The monoisotopic (exact) mass is 588 g/mol. The van der Waals surface area contributed by atoms with Crippen LogP contribution in [0.5, 0.6) is 0 Å². The molecule has 0 bridgehead atoms. The third kappa shape index (κ3) is 5.90. The molecule has 4 atom stereocenters. The average Bonchev–Trinajstić information content (AvgIpc) is 3.43. The van der Waals surface area contributed by atoms with Crippen LogP contribution in [-0.2, 0) is 31.0 Å². The molecule has 222 valence electrons. The molecule has 4 amide bonds. The number of fused-ring (bicyclic) bond motifs is 2. The molecule has 1 spiro atoms. The maximum absolute atomic E-state index is 14.0. The summed E-state index contributed by atoms with van der Waals surface area (Å²) in [6.45, 7) is 4.05. The summed E-state index contributed by atoms with van der Waals surface area (Å²) in [4.78, 5) is 57.5. The van der Waals surface area contributed by atoms with E-state index in [0.29, 0.717) is 11.4 Å². The molecule has 0 unspecified atom stereocenters. The van der Waals surface area contributed by atoms with Gasteiger partial charge in [-0.3, -0.25) is 19.2 Å². The van der Waals surface area contributed by atoms with Gasteiger partial charge in [0.05, 0.1) is 11.5 Å². The summed E-state index contributed by atoms with van der Waals surface area (Å²) < 4.78 is 53.1. The van der Waals surface area contributed by atoms with Crippen LogP contribution >= 0.6 is 0 Å². The fraction of sp³-hybridized carbons (Fsp3) is 0.429. The number of pyridine rings is 1. The lowest BCUT2D eigenvalue weighted by atomic mass is 9.80. The molecule has 14 heteroatoms. The van der Waals surface area contributed by atoms with Crippen molar-refractivity contribution < 1.29 is 36.7 Å². The summed E-state index contributed by atoms with van der Waals surface area (Å²) in [5.41, 5.74) is -1.74. The van der Waals surface area contributed by atoms with Gasteiger partial charge in [0.2, 0.25) is 17.7 Å². The van der Waals surface area contributed by atoms with Crippen molar-refractivity contribution in [2.75, 3.05) is 11.9 Å². The van der Waals surface area contributed by atoms with Crippen molar-refractivity contribution in [3.05, 3.63) is 59.5 Å². The Kier molecular flexibility index (Phi) is 7.99. The summed E-state index contributed by atoms with van der Waals surface area (Å²) in [6, 6.07) is 6.13. The smallest absolute Gasteiger partial charge is 0.342 e. The second kappa shape index (κ2) is 11.0. The molecule has 3 heterocycles. The maximum atomic E-state index is 14.0. The number of hydrogen-bond donors (Lipinski definition) is 3. The zero-order valence-electron chi connectivity index (χ0n) is 22.9. The van der Waals surface area contributed by atoms with Gasteiger partial charge < -0.3 is 20.9 Å². The van der Waals surface area contributed by atoms with Crippen LogP contribution in [0.4, 0.5) is 23.4 Å². The summed E-state index contributed by atoms with van der Waals surface area (Å²) >= 11 is 0. The van der Waals surface area contributed by atoms with Crippen molar-refractivity contribution in [1.29, 1.82) is 5.26 Å². The van der Waals surface area contributed by atoms with Crippen LogP contribution in [0.2, 0.25) is 0 Å². The van der Waals surface area contributed by atoms with Crippen LogP contribution in [0, 0.1) is 22.6 Å². The molecule has 2 aliphatic rings. The van der Waals surface area contributed by atoms with Crippen LogP contribution in [0.25, 0.3) is 0 Å². The predicted octanol–water partition coefficient (Wildman–Crippen LogP) is 2.36. The third-order valence-corrected chi connectivity index (χ3v) is 7.38. The number of hydrogen-bond acceptors (Lipinski definition) is 6. The van der Waals surface area contributed by atoms with E-state index >= 15 is 0 Å². The Bertz CT molecular complexity index is 1470. The third-order valence-electron chi connectivity index (χ3n) is 7.38. The van der Waals surface area contributed by atoms with E-state index in [4.69, 9.17) is 0 Å². The van der Waals surface area contributed by atoms with Gasteiger partial charge in [0.25, 0.3) is 0 Å². The first kappa shape index (κ1) is 30.4. The van der Waals surface area contributed by atoms with Gasteiger partial charge in [-0.05, 0) is 29.2 Å². The number of carbonyl (C=O) groups is 4. The maximum Gasteiger partial charge on any atom is 0.471 e. The van der Waals surface area contributed by atoms with E-state index in [2.05, 4.69) is 15.6 Å². The minimum atomic E-state index is -5.27. The number of aromatic nitrogens is 1. The minimum absolute atomic E-state index is 0.0628. The van der Waals surface area contributed by atoms with Crippen LogP contribution in [0.15, 0.2) is 42.6 Å². The molecule has 1 saturated heterocycles. The van der Waals surface area contributed by atoms with Crippen molar-refractivity contribution >= 4 is 29.4 Å². The number of amides is 4. The van der Waals surface area contributed by atoms with Crippen molar-refractivity contribution in [2.45, 2.75) is 63.3 Å². The first-order chi connectivity index (χ1) is 19.6. The van der Waals surface area contributed by atoms with Crippen LogP contribution in [-0.4, -0.2) is 64.4 Å². The molecule has 4 rings (SSSR count). The number of nitrogens with one attached hydrogen (secondary N) is 3. The van der Waals surface area contributed by atoms with E-state index in [9.17, 15) is 42.0 Å². The molecule has 1 aromatic carbocycles. The molecular formula is C28H28F4N6O4. The van der Waals surface area contributed by atoms with Crippen molar-refractivity contribution in [1.82, 2.24) is 20.5 Å². The van der Waals surface area contributed by atoms with Gasteiger partial charge >= 0.3 is 12.1 Å². The van der Waals surface area contributed by atoms with Gasteiger partial charge in [-0.2, -0.15) is 18.4 Å². The van der Waals surface area contributed by atoms with Gasteiger partial charge in [0.1, 0.15) is 29.8 Å². The predicted molar refractivity (Wildman–Crippen MR) is 140 cm³/mol. The largest absolute Gasteiger partial charge is 0.471 e. The number of halogens is 4. The van der Waals surface area contributed by atoms with Gasteiger partial charge in [-0.15, -0.1) is 0 Å². The Hall–Kier alpha value is -4.54. The van der Waals surface area contributed by atoms with E-state index in [1.807, 2.05) is 6.07 Å². The van der Waals surface area contributed by atoms with E-state index in [-0.39, 0.29) is 24.9 Å². The average molecular weight is 589 g/mol. The number of nitriles is 1. The molecule has 0 saturated carbocycles. The Morgan fingerprint density at radius 1 is 1.19 bits per heavy atom. The first-order valence-electron chi connectivity index (χ1n) is 13.0. The first-order valence-corrected chi connectivity index (χ1v) is 13.0. The molecule has 3 N–H and O–H groups in total. The lowest BCUT2D eigenvalue weighted by Gasteiger charge is -2.33. The molecule has 2 aliphatic heterocycles. The van der Waals surface area contributed by atoms with Gasteiger partial charge in [0, 0.05) is 31.1 Å². The Balaban J connectivity index is 1.67. The molecule has 1 aromatic heterocycles. The normalized spacial score (nSPS) is 21.2. The molecule has 0 radical (unpaired) electrons. The highest BCUT2D eigenvalue weighted by Crippen LogP contribution is 2.45. The Morgan fingerprint density at radius 3 is 2.52 bits per heavy atom. The molecule has 2 aromatic rings. The Morgan fingerprint density at radius 2 is 1.90 bits per heavy atom. The van der Waals surface area contributed by atoms with Crippen LogP contribution < -0.4 is 16.0 Å². The number of anilines is 1. The highest BCUT2D eigenvalue weighted by molar-refractivity contribution is 6.06. The summed E-state index contributed by atoms with van der Waals surface area (Å²) in [6.07, 6.45) is -4.14. The zero-order valence-corrected chi connectivity index (χ0v) is 22.9. The number of rotatable bonds is 6. The van der Waals surface area contributed by atoms with Gasteiger partial charge in [-0.25, -0.2) is 9.37 Å². The number of nitrogens with zero attached hydrogens (tertiary/aromatic N) is 3. The summed E-state index contributed by atoms with van der Waals surface area (Å²) in [5, 5.41) is 16.7. The molecule has 10 nitrogen and oxygen atoms in total. The standard InChI is InChI=1S/C28H28F4N6O4/c1-26(2,3)20(36-25(42)28(30,31)32)22(39)35-19(11-15-6-4-7-16(29)10-15)23(40)38-14-27(12-17(38)13-33)18-8-5-9-34-21(18)37-24(27)41/h4-10,17,19-20H,11-12,14H2,1-3H3,(H,35,39)(H,36,42)(H,34,37,41)/t17-,19-,20+,27-/m0/s1. The van der Waals surface area contributed by atoms with Crippen LogP contribution in [0.1, 0.15) is 38.3 Å². The zero-order chi connectivity index (χ0) is 31.0. The molecule has 1 fully saturated rings. The van der Waals surface area contributed by atoms with Crippen molar-refractivity contribution in [3.8, 4) is 6.07 Å². The molecule has 0 aliphatic carbocycles. The number of likely N-dealkylation sites (tertiary alicyclic amines) is 1. The summed E-state index contributed by atoms with van der Waals surface area (Å²) in [5.74, 6) is -5.03. The second-order valence-electron chi connectivity index (χ2n) is 11.4. The Labute approximate surface area is 238 Å². The van der Waals surface area contributed by atoms with Crippen LogP contribution in [0.3, 0.4) is 0 Å². The number of alkyl halides is 3. The number of benzene rings is 1. The molecular weight excluding hydrogens is 560 g/mol. The minimum Gasteiger partial charge on any atom is -0.342 e. The van der Waals surface area contributed by atoms with E-state index in [1.54, 1.807) is 17.4 Å². The highest BCUT2D eigenvalue weighted by atomic mass is 19.4. The fourth-order valence-corrected chi connectivity index (χ4v) is 5.30. The second-order valence-corrected chi connectivity index (χ2v) is 11.4. The SMILES string of the molecule is CC(C)(C)[C@H](NC(=O)C(F)(F)F)C(=O)N[C@@H](Cc1cccc(F)c1)C(=O)N1C[C@]2(C[C@H]1C#N)C(=O)Nc1ncccc12. The molecule has 42 heavy (non-hydrogen) atoms. The lowest BCUT2D eigenvalue weighted by Crippen LogP contribution is -2.60. The number of carbonyl (C=O) groups excluding carboxylic acids is 4. The van der Waals surface area contributed by atoms with E-state index in [0.717, 1.165) is 11.0 Å². The van der Waals surface area contributed by atoms with Crippen molar-refractivity contribution in [2.24, 2.45) is 5.41 Å². The quantitative estimate of drug-likeness (QED) is 0.442. The van der Waals surface area contributed by atoms with Gasteiger partial charge in [0.15, 0.2) is 0 Å². The van der Waals surface area contributed by atoms with Crippen molar-refractivity contribution in [3.63, 3.8) is 0 Å². The lowest BCUT2D eigenvalue weighted by molar-refractivity contribution is -0.175. The topological polar surface area (TPSA) is 144 Å². The summed E-state index contributed by atoms with van der Waals surface area (Å²) in [7, 11) is 0. The fourth-order valence-electron chi connectivity index (χ4n) is 5.30.